The Hall–Kier alpha value is -0.350. The highest BCUT2D eigenvalue weighted by atomic mass is 35.5. The molecule has 0 aliphatic carbocycles. The highest BCUT2D eigenvalue weighted by Crippen LogP contribution is 1.98. The zero-order valence-corrected chi connectivity index (χ0v) is 5.77. The first-order chi connectivity index (χ1) is 4.23. The highest BCUT2D eigenvalue weighted by Gasteiger charge is 1.81. The second-order valence-corrected chi connectivity index (χ2v) is 1.89. The van der Waals surface area contributed by atoms with Crippen LogP contribution in [0.15, 0.2) is 12.4 Å². The van der Waals surface area contributed by atoms with Crippen LogP contribution in [0.3, 0.4) is 0 Å². The van der Waals surface area contributed by atoms with E-state index in [9.17, 15) is 4.39 Å². The number of nitrogens with zero attached hydrogens (tertiary/aromatic N) is 2. The van der Waals surface area contributed by atoms with Gasteiger partial charge in [-0.3, -0.25) is 0 Å². The van der Waals surface area contributed by atoms with E-state index in [2.05, 4.69) is 38.6 Å². The largest absolute Gasteiger partial charge is 0.247 e. The van der Waals surface area contributed by atoms with Crippen LogP contribution in [0.5, 0.6) is 0 Å². The highest BCUT2D eigenvalue weighted by molar-refractivity contribution is 6.42. The topological polar surface area (TPSA) is 41.6 Å². The van der Waals surface area contributed by atoms with Crippen LogP contribution in [0, 0.1) is 0 Å². The van der Waals surface area contributed by atoms with Crippen molar-refractivity contribution in [2.24, 2.45) is 0 Å². The van der Waals surface area contributed by atoms with Crippen molar-refractivity contribution >= 4 is 23.2 Å². The molecule has 9 heavy (non-hydrogen) atoms. The van der Waals surface area contributed by atoms with Gasteiger partial charge >= 0.3 is 0 Å². The predicted octanol–water partition coefficient (Wildman–Crippen LogP) is 1.52. The van der Waals surface area contributed by atoms with Crippen LogP contribution in [0.1, 0.15) is 0 Å². The van der Waals surface area contributed by atoms with Crippen LogP contribution >= 0.6 is 23.2 Å². The van der Waals surface area contributed by atoms with Crippen LogP contribution in [-0.2, 0) is 0 Å². The third kappa shape index (κ3) is 11.3. The van der Waals surface area contributed by atoms with Crippen molar-refractivity contribution in [3.63, 3.8) is 0 Å². The van der Waals surface area contributed by atoms with Crippen molar-refractivity contribution in [2.45, 2.75) is 5.09 Å². The van der Waals surface area contributed by atoms with E-state index in [1.807, 2.05) is 0 Å². The molecule has 1 heterocycles. The molecule has 0 aliphatic heterocycles. The lowest BCUT2D eigenvalue weighted by Crippen LogP contribution is -1.61. The Morgan fingerprint density at radius 3 is 1.78 bits per heavy atom. The molecule has 1 aromatic rings. The monoisotopic (exact) mass is 171 g/mol. The summed E-state index contributed by atoms with van der Waals surface area (Å²) in [6.07, 6.45) is 3.17. The fraction of sp³-hybridized carbons (Fsp3) is 0.333. The molecule has 6 heteroatoms. The summed E-state index contributed by atoms with van der Waals surface area (Å²) in [6.45, 7) is 0. The summed E-state index contributed by atoms with van der Waals surface area (Å²) in [6, 6.07) is 0. The maximum absolute atomic E-state index is 10.5. The minimum absolute atomic E-state index is 1.58. The van der Waals surface area contributed by atoms with E-state index >= 15 is 0 Å². The van der Waals surface area contributed by atoms with Gasteiger partial charge in [0.1, 0.15) is 0 Å². The maximum Gasteiger partial charge on any atom is 0.247 e. The van der Waals surface area contributed by atoms with Gasteiger partial charge in [0.05, 0.1) is 12.4 Å². The summed E-state index contributed by atoms with van der Waals surface area (Å²) >= 11 is 8.75. The molecule has 0 radical (unpaired) electrons. The van der Waals surface area contributed by atoms with E-state index in [0.717, 1.165) is 0 Å². The number of rotatable bonds is 0. The first-order valence-electron chi connectivity index (χ1n) is 1.95. The molecule has 3 nitrogen and oxygen atoms in total. The lowest BCUT2D eigenvalue weighted by atomic mass is 11.0. The smallest absolute Gasteiger partial charge is 0.212 e. The van der Waals surface area contributed by atoms with Gasteiger partial charge in [-0.15, -0.1) is 0 Å². The maximum atomic E-state index is 10.5. The molecule has 0 aromatic carbocycles. The van der Waals surface area contributed by atoms with Crippen LogP contribution in [0.25, 0.3) is 0 Å². The Bertz CT molecular complexity index is 101. The summed E-state index contributed by atoms with van der Waals surface area (Å²) in [5.41, 5.74) is 0. The van der Waals surface area contributed by atoms with Gasteiger partial charge in [-0.25, -0.2) is 4.39 Å². The lowest BCUT2D eigenvalue weighted by Gasteiger charge is -1.68. The normalized spacial score (nSPS) is 8.44. The summed E-state index contributed by atoms with van der Waals surface area (Å²) < 4.78 is 10.5. The number of aromatic amines is 1. The van der Waals surface area contributed by atoms with E-state index in [4.69, 9.17) is 0 Å². The average molecular weight is 172 g/mol. The molecule has 0 bridgehead atoms. The van der Waals surface area contributed by atoms with Gasteiger partial charge in [-0.1, -0.05) is 23.2 Å². The van der Waals surface area contributed by atoms with Crippen molar-refractivity contribution < 1.29 is 4.39 Å². The summed E-state index contributed by atoms with van der Waals surface area (Å²) in [7, 11) is 0. The van der Waals surface area contributed by atoms with Gasteiger partial charge in [-0.2, -0.15) is 15.4 Å². The zero-order chi connectivity index (χ0) is 7.11. The zero-order valence-electron chi connectivity index (χ0n) is 4.26. The molecule has 0 saturated carbocycles. The molecule has 1 aromatic heterocycles. The van der Waals surface area contributed by atoms with Crippen molar-refractivity contribution in [2.75, 3.05) is 0 Å². The molecule has 0 saturated heterocycles. The van der Waals surface area contributed by atoms with Gasteiger partial charge in [0.15, 0.2) is 0 Å². The van der Waals surface area contributed by atoms with Crippen molar-refractivity contribution in [3.8, 4) is 0 Å². The second kappa shape index (κ2) is 5.78. The number of alkyl halides is 3. The minimum atomic E-state index is -1.72. The molecule has 1 N–H and O–H groups in total. The molecule has 0 atom stereocenters. The molecule has 52 valence electrons. The lowest BCUT2D eigenvalue weighted by molar-refractivity contribution is 0.553. The molecule has 0 fully saturated rings. The molecule has 1 rings (SSSR count). The summed E-state index contributed by atoms with van der Waals surface area (Å²) in [5.74, 6) is 0. The number of nitrogens with one attached hydrogen (secondary N) is 1. The Morgan fingerprint density at radius 1 is 1.33 bits per heavy atom. The van der Waals surface area contributed by atoms with Crippen LogP contribution < -0.4 is 0 Å². The van der Waals surface area contributed by atoms with Gasteiger partial charge in [0.2, 0.25) is 5.09 Å². The SMILES string of the molecule is FC(Cl)Cl.c1cn[nH]n1. The van der Waals surface area contributed by atoms with Gasteiger partial charge in [0.25, 0.3) is 0 Å². The molecule has 0 unspecified atom stereocenters. The fourth-order valence-electron chi connectivity index (χ4n) is 0.167. The van der Waals surface area contributed by atoms with Crippen molar-refractivity contribution in [1.29, 1.82) is 0 Å². The minimum Gasteiger partial charge on any atom is -0.212 e. The van der Waals surface area contributed by atoms with Gasteiger partial charge in [-0.05, 0) is 0 Å². The summed E-state index contributed by atoms with van der Waals surface area (Å²) in [4.78, 5) is 0. The number of H-pyrrole nitrogens is 1. The van der Waals surface area contributed by atoms with Crippen LogP contribution in [-0.4, -0.2) is 20.5 Å². The van der Waals surface area contributed by atoms with Gasteiger partial charge < -0.3 is 0 Å². The number of aromatic nitrogens is 3. The van der Waals surface area contributed by atoms with E-state index < -0.39 is 5.09 Å². The molecule has 0 amide bonds. The van der Waals surface area contributed by atoms with Crippen LogP contribution in [0.2, 0.25) is 0 Å². The fourth-order valence-corrected chi connectivity index (χ4v) is 0.167. The van der Waals surface area contributed by atoms with E-state index in [1.165, 1.54) is 0 Å². The quantitative estimate of drug-likeness (QED) is 0.602. The summed E-state index contributed by atoms with van der Waals surface area (Å²) in [5, 5.41) is 7.61. The second-order valence-electron chi connectivity index (χ2n) is 0.904. The van der Waals surface area contributed by atoms with E-state index in [1.54, 1.807) is 12.4 Å². The molecular weight excluding hydrogens is 168 g/mol. The van der Waals surface area contributed by atoms with Gasteiger partial charge in [0, 0.05) is 0 Å². The third-order valence-corrected chi connectivity index (χ3v) is 0.331. The Balaban J connectivity index is 0.000000148. The molecular formula is C3H4Cl2FN3. The Kier molecular flexibility index (Phi) is 5.56. The van der Waals surface area contributed by atoms with E-state index in [-0.39, 0.29) is 0 Å². The standard InChI is InChI=1S/C2H3N3.CHCl2F/c1-2-4-5-3-1;2-1(3)4/h1-2H,(H,3,4,5);1H. The number of halogens is 3. The predicted molar refractivity (Wildman–Crippen MR) is 33.0 cm³/mol. The Labute approximate surface area is 61.2 Å². The van der Waals surface area contributed by atoms with Crippen LogP contribution in [0.4, 0.5) is 4.39 Å². The molecule has 0 spiro atoms. The number of hydrogen-bond acceptors (Lipinski definition) is 2. The first kappa shape index (κ1) is 8.65. The van der Waals surface area contributed by atoms with Crippen molar-refractivity contribution in [3.05, 3.63) is 12.4 Å². The average Bonchev–Trinajstić information content (AvgIpc) is 2.11. The Morgan fingerprint density at radius 2 is 1.67 bits per heavy atom. The molecule has 0 aliphatic rings. The van der Waals surface area contributed by atoms with Crippen molar-refractivity contribution in [1.82, 2.24) is 15.4 Å². The third-order valence-electron chi connectivity index (χ3n) is 0.331. The first-order valence-corrected chi connectivity index (χ1v) is 2.82. The van der Waals surface area contributed by atoms with E-state index in [0.29, 0.717) is 0 Å². The number of hydrogen-bond donors (Lipinski definition) is 1.